The highest BCUT2D eigenvalue weighted by Gasteiger charge is 2.43. The number of benzene rings is 2. The van der Waals surface area contributed by atoms with E-state index in [0.29, 0.717) is 18.7 Å². The zero-order valence-corrected chi connectivity index (χ0v) is 20.1. The first kappa shape index (κ1) is 24.5. The Morgan fingerprint density at radius 3 is 2.47 bits per heavy atom. The predicted octanol–water partition coefficient (Wildman–Crippen LogP) is 3.59. The molecule has 2 aromatic rings. The van der Waals surface area contributed by atoms with Gasteiger partial charge in [-0.2, -0.15) is 0 Å². The number of halogens is 2. The van der Waals surface area contributed by atoms with Gasteiger partial charge in [0.05, 0.1) is 6.42 Å². The third kappa shape index (κ3) is 8.14. The van der Waals surface area contributed by atoms with Crippen LogP contribution in [0.1, 0.15) is 18.4 Å². The van der Waals surface area contributed by atoms with Crippen LogP contribution in [-0.2, 0) is 11.2 Å². The topological polar surface area (TPSA) is 65.5 Å². The number of nitrogens with zero attached hydrogens (tertiary/aromatic N) is 1. The van der Waals surface area contributed by atoms with Crippen molar-refractivity contribution < 1.29 is 9.18 Å². The van der Waals surface area contributed by atoms with E-state index in [4.69, 9.17) is 0 Å². The number of aliphatic imine (C=N–C) groups is 1. The lowest BCUT2D eigenvalue weighted by Crippen LogP contribution is -2.44. The molecular weight excluding hydrogens is 514 g/mol. The molecule has 5 nitrogen and oxygen atoms in total. The lowest BCUT2D eigenvalue weighted by atomic mass is 10.1. The number of nitrogens with one attached hydrogen (secondary N) is 3. The normalized spacial score (nSPS) is 14.4. The lowest BCUT2D eigenvalue weighted by Gasteiger charge is -2.18. The van der Waals surface area contributed by atoms with Crippen molar-refractivity contribution in [3.8, 4) is 0 Å². The molecule has 1 aliphatic rings. The molecule has 1 amide bonds. The van der Waals surface area contributed by atoms with Crippen LogP contribution in [0.5, 0.6) is 0 Å². The molecule has 2 aromatic carbocycles. The molecule has 1 fully saturated rings. The number of thioether (sulfide) groups is 1. The maximum atomic E-state index is 13.2. The minimum absolute atomic E-state index is 0. The second-order valence-electron chi connectivity index (χ2n) is 7.11. The van der Waals surface area contributed by atoms with Crippen molar-refractivity contribution in [3.05, 3.63) is 66.0 Å². The monoisotopic (exact) mass is 542 g/mol. The molecule has 0 bridgehead atoms. The largest absolute Gasteiger partial charge is 0.355 e. The maximum absolute atomic E-state index is 13.2. The van der Waals surface area contributed by atoms with Gasteiger partial charge < -0.3 is 16.0 Å². The van der Waals surface area contributed by atoms with Crippen LogP contribution in [-0.4, -0.2) is 43.3 Å². The molecule has 0 aliphatic heterocycles. The summed E-state index contributed by atoms with van der Waals surface area (Å²) in [5, 5.41) is 9.44. The van der Waals surface area contributed by atoms with Crippen LogP contribution >= 0.6 is 35.7 Å². The highest BCUT2D eigenvalue weighted by molar-refractivity contribution is 14.0. The average Bonchev–Trinajstić information content (AvgIpc) is 3.47. The molecule has 0 heterocycles. The molecule has 0 radical (unpaired) electrons. The number of carbonyl (C=O) groups excluding carboxylic acids is 1. The first-order valence-corrected chi connectivity index (χ1v) is 10.6. The summed E-state index contributed by atoms with van der Waals surface area (Å²) in [6.45, 7) is 1.88. The number of hydrogen-bond acceptors (Lipinski definition) is 3. The molecule has 3 rings (SSSR count). The molecule has 0 atom stereocenters. The van der Waals surface area contributed by atoms with Crippen LogP contribution in [0.3, 0.4) is 0 Å². The van der Waals surface area contributed by atoms with Gasteiger partial charge in [-0.05, 0) is 42.7 Å². The number of carbonyl (C=O) groups is 1. The van der Waals surface area contributed by atoms with Crippen molar-refractivity contribution in [2.24, 2.45) is 4.99 Å². The third-order valence-electron chi connectivity index (χ3n) is 4.68. The maximum Gasteiger partial charge on any atom is 0.224 e. The Balaban J connectivity index is 0.00000320. The second kappa shape index (κ2) is 12.1. The van der Waals surface area contributed by atoms with E-state index in [0.717, 1.165) is 12.5 Å². The van der Waals surface area contributed by atoms with E-state index in [9.17, 15) is 9.18 Å². The van der Waals surface area contributed by atoms with E-state index in [1.807, 2.05) is 17.8 Å². The summed E-state index contributed by atoms with van der Waals surface area (Å²) in [6.07, 6.45) is 2.54. The summed E-state index contributed by atoms with van der Waals surface area (Å²) in [4.78, 5) is 17.5. The predicted molar refractivity (Wildman–Crippen MR) is 132 cm³/mol. The van der Waals surface area contributed by atoms with Gasteiger partial charge in [-0.1, -0.05) is 30.3 Å². The van der Waals surface area contributed by atoms with Gasteiger partial charge in [0, 0.05) is 36.3 Å². The molecule has 3 N–H and O–H groups in total. The Morgan fingerprint density at radius 1 is 1.07 bits per heavy atom. The Bertz CT molecular complexity index is 846. The number of hydrogen-bond donors (Lipinski definition) is 3. The summed E-state index contributed by atoms with van der Waals surface area (Å²) in [7, 11) is 1.74. The summed E-state index contributed by atoms with van der Waals surface area (Å²) < 4.78 is 13.4. The van der Waals surface area contributed by atoms with Crippen molar-refractivity contribution in [1.82, 2.24) is 16.0 Å². The van der Waals surface area contributed by atoms with Gasteiger partial charge in [-0.15, -0.1) is 35.7 Å². The fourth-order valence-electron chi connectivity index (χ4n) is 2.94. The SMILES string of the molecule is CN=C(NCCNC(=O)Cc1cccc(F)c1)NCC1(Sc2ccccc2)CC1.I. The number of rotatable bonds is 9. The summed E-state index contributed by atoms with van der Waals surface area (Å²) in [6, 6.07) is 16.5. The average molecular weight is 542 g/mol. The van der Waals surface area contributed by atoms with Gasteiger partial charge in [0.1, 0.15) is 5.82 Å². The summed E-state index contributed by atoms with van der Waals surface area (Å²) >= 11 is 1.91. The zero-order chi connectivity index (χ0) is 20.5. The summed E-state index contributed by atoms with van der Waals surface area (Å²) in [5.41, 5.74) is 0.665. The minimum atomic E-state index is -0.328. The fourth-order valence-corrected chi connectivity index (χ4v) is 4.18. The van der Waals surface area contributed by atoms with E-state index < -0.39 is 0 Å². The van der Waals surface area contributed by atoms with Crippen molar-refractivity contribution in [2.75, 3.05) is 26.7 Å². The van der Waals surface area contributed by atoms with E-state index in [-0.39, 0.29) is 46.9 Å². The molecule has 0 saturated heterocycles. The highest BCUT2D eigenvalue weighted by Crippen LogP contribution is 2.51. The molecule has 0 spiro atoms. The smallest absolute Gasteiger partial charge is 0.224 e. The van der Waals surface area contributed by atoms with Crippen LogP contribution in [0.15, 0.2) is 64.5 Å². The van der Waals surface area contributed by atoms with Crippen LogP contribution in [0.25, 0.3) is 0 Å². The molecule has 0 unspecified atom stereocenters. The van der Waals surface area contributed by atoms with Gasteiger partial charge in [0.15, 0.2) is 5.96 Å². The molecule has 1 saturated carbocycles. The molecular formula is C22H28FIN4OS. The summed E-state index contributed by atoms with van der Waals surface area (Å²) in [5.74, 6) is 0.270. The molecule has 30 heavy (non-hydrogen) atoms. The van der Waals surface area contributed by atoms with Crippen LogP contribution < -0.4 is 16.0 Å². The molecule has 1 aliphatic carbocycles. The number of guanidine groups is 1. The lowest BCUT2D eigenvalue weighted by molar-refractivity contribution is -0.120. The van der Waals surface area contributed by atoms with Crippen LogP contribution in [0, 0.1) is 5.82 Å². The second-order valence-corrected chi connectivity index (χ2v) is 8.65. The van der Waals surface area contributed by atoms with E-state index in [1.165, 1.54) is 29.9 Å². The van der Waals surface area contributed by atoms with Crippen LogP contribution in [0.4, 0.5) is 4.39 Å². The van der Waals surface area contributed by atoms with Crippen molar-refractivity contribution in [2.45, 2.75) is 28.9 Å². The Kier molecular flexibility index (Phi) is 9.90. The van der Waals surface area contributed by atoms with Gasteiger partial charge in [0.2, 0.25) is 5.91 Å². The minimum Gasteiger partial charge on any atom is -0.355 e. The quantitative estimate of drug-likeness (QED) is 0.196. The van der Waals surface area contributed by atoms with Gasteiger partial charge in [0.25, 0.3) is 0 Å². The molecule has 0 aromatic heterocycles. The van der Waals surface area contributed by atoms with Gasteiger partial charge in [-0.3, -0.25) is 9.79 Å². The third-order valence-corrected chi connectivity index (χ3v) is 6.17. The standard InChI is InChI=1S/C22H27FN4OS.HI/c1-24-21(27-16-22(10-11-22)29-19-8-3-2-4-9-19)26-13-12-25-20(28)15-17-6-5-7-18(23)14-17;/h2-9,14H,10-13,15-16H2,1H3,(H,25,28)(H2,24,26,27);1H. The highest BCUT2D eigenvalue weighted by atomic mass is 127. The van der Waals surface area contributed by atoms with E-state index >= 15 is 0 Å². The van der Waals surface area contributed by atoms with Gasteiger partial charge in [-0.25, -0.2) is 4.39 Å². The first-order chi connectivity index (χ1) is 14.1. The van der Waals surface area contributed by atoms with Gasteiger partial charge >= 0.3 is 0 Å². The Hall–Kier alpha value is -1.81. The Morgan fingerprint density at radius 2 is 1.80 bits per heavy atom. The first-order valence-electron chi connectivity index (χ1n) is 9.78. The fraction of sp³-hybridized carbons (Fsp3) is 0.364. The molecule has 162 valence electrons. The zero-order valence-electron chi connectivity index (χ0n) is 17.0. The van der Waals surface area contributed by atoms with Crippen LogP contribution in [0.2, 0.25) is 0 Å². The van der Waals surface area contributed by atoms with Crippen molar-refractivity contribution in [3.63, 3.8) is 0 Å². The van der Waals surface area contributed by atoms with E-state index in [2.05, 4.69) is 45.2 Å². The van der Waals surface area contributed by atoms with Crippen molar-refractivity contribution >= 4 is 47.6 Å². The molecule has 8 heteroatoms. The van der Waals surface area contributed by atoms with E-state index in [1.54, 1.807) is 19.2 Å². The van der Waals surface area contributed by atoms with Crippen molar-refractivity contribution in [1.29, 1.82) is 0 Å². The number of amides is 1. The Labute approximate surface area is 198 Å².